The van der Waals surface area contributed by atoms with E-state index in [1.165, 1.54) is 28.9 Å². The van der Waals surface area contributed by atoms with Crippen molar-refractivity contribution in [3.8, 4) is 17.1 Å². The summed E-state index contributed by atoms with van der Waals surface area (Å²) in [5, 5.41) is 3.59. The van der Waals surface area contributed by atoms with Crippen molar-refractivity contribution in [2.24, 2.45) is 0 Å². The fourth-order valence-electron chi connectivity index (χ4n) is 3.22. The molecule has 2 heterocycles. The summed E-state index contributed by atoms with van der Waals surface area (Å²) in [6.45, 7) is 0. The van der Waals surface area contributed by atoms with E-state index in [1.807, 2.05) is 6.07 Å². The summed E-state index contributed by atoms with van der Waals surface area (Å²) in [5.41, 5.74) is 3.33. The summed E-state index contributed by atoms with van der Waals surface area (Å²) < 4.78 is 2.21. The Hall–Kier alpha value is -3.53. The van der Waals surface area contributed by atoms with Crippen LogP contribution >= 0.6 is 0 Å². The summed E-state index contributed by atoms with van der Waals surface area (Å²) >= 11 is 0. The Labute approximate surface area is 144 Å². The van der Waals surface area contributed by atoms with Crippen LogP contribution in [0.15, 0.2) is 85.6 Å². The van der Waals surface area contributed by atoms with E-state index in [4.69, 9.17) is 0 Å². The van der Waals surface area contributed by atoms with Crippen molar-refractivity contribution in [3.63, 3.8) is 0 Å². The predicted molar refractivity (Wildman–Crippen MR) is 99.6 cm³/mol. The van der Waals surface area contributed by atoms with Gasteiger partial charge in [0.2, 0.25) is 0 Å². The minimum absolute atomic E-state index is 0.689. The van der Waals surface area contributed by atoms with Crippen LogP contribution in [0, 0.1) is 0 Å². The highest BCUT2D eigenvalue weighted by atomic mass is 15.0. The first-order chi connectivity index (χ1) is 12.4. The molecular formula is C21H14N4. The van der Waals surface area contributed by atoms with Gasteiger partial charge in [-0.3, -0.25) is 0 Å². The first-order valence-corrected chi connectivity index (χ1v) is 8.11. The molecule has 2 aromatic heterocycles. The number of benzene rings is 3. The predicted octanol–water partition coefficient (Wildman–Crippen LogP) is 4.64. The molecule has 5 rings (SSSR count). The normalized spacial score (nSPS) is 11.2. The lowest BCUT2D eigenvalue weighted by molar-refractivity contribution is 1.06. The summed E-state index contributed by atoms with van der Waals surface area (Å²) in [7, 11) is 0. The van der Waals surface area contributed by atoms with E-state index < -0.39 is 0 Å². The molecule has 0 N–H and O–H groups in total. The standard InChI is InChI=1S/C21H14N4/c1-2-4-20-16(3-1)9-10-25(20)19-8-7-15-5-6-17(11-18(15)12-19)21-23-13-22-14-24-21/h1-14H. The topological polar surface area (TPSA) is 43.6 Å². The van der Waals surface area contributed by atoms with Crippen molar-refractivity contribution < 1.29 is 0 Å². The zero-order valence-corrected chi connectivity index (χ0v) is 13.4. The number of fused-ring (bicyclic) bond motifs is 2. The van der Waals surface area contributed by atoms with Crippen LogP contribution < -0.4 is 0 Å². The van der Waals surface area contributed by atoms with Crippen LogP contribution in [0.3, 0.4) is 0 Å². The van der Waals surface area contributed by atoms with E-state index >= 15 is 0 Å². The highest BCUT2D eigenvalue weighted by Crippen LogP contribution is 2.26. The molecule has 0 amide bonds. The second-order valence-corrected chi connectivity index (χ2v) is 5.95. The number of nitrogens with zero attached hydrogens (tertiary/aromatic N) is 4. The van der Waals surface area contributed by atoms with Crippen LogP contribution in [0.2, 0.25) is 0 Å². The summed E-state index contributed by atoms with van der Waals surface area (Å²) in [6.07, 6.45) is 5.16. The Bertz CT molecular complexity index is 1190. The lowest BCUT2D eigenvalue weighted by atomic mass is 10.1. The first kappa shape index (κ1) is 13.9. The van der Waals surface area contributed by atoms with Gasteiger partial charge in [0.25, 0.3) is 0 Å². The molecule has 0 aliphatic carbocycles. The van der Waals surface area contributed by atoms with E-state index in [2.05, 4.69) is 86.4 Å². The number of hydrogen-bond donors (Lipinski definition) is 0. The molecule has 0 atom stereocenters. The molecule has 0 saturated heterocycles. The van der Waals surface area contributed by atoms with E-state index in [0.717, 1.165) is 16.6 Å². The van der Waals surface area contributed by atoms with Crippen LogP contribution in [0.25, 0.3) is 38.8 Å². The van der Waals surface area contributed by atoms with Gasteiger partial charge in [-0.2, -0.15) is 0 Å². The van der Waals surface area contributed by atoms with Gasteiger partial charge < -0.3 is 4.57 Å². The van der Waals surface area contributed by atoms with Gasteiger partial charge in [0.05, 0.1) is 5.52 Å². The molecule has 0 bridgehead atoms. The quantitative estimate of drug-likeness (QED) is 0.476. The summed E-state index contributed by atoms with van der Waals surface area (Å²) in [5.74, 6) is 0.689. The van der Waals surface area contributed by atoms with E-state index in [-0.39, 0.29) is 0 Å². The third kappa shape index (κ3) is 2.35. The molecule has 3 aromatic carbocycles. The van der Waals surface area contributed by atoms with Crippen LogP contribution in [-0.2, 0) is 0 Å². The summed E-state index contributed by atoms with van der Waals surface area (Å²) in [6, 6.07) is 23.3. The molecule has 0 aliphatic heterocycles. The fourth-order valence-corrected chi connectivity index (χ4v) is 3.22. The van der Waals surface area contributed by atoms with Gasteiger partial charge in [0.1, 0.15) is 12.7 Å². The summed E-state index contributed by atoms with van der Waals surface area (Å²) in [4.78, 5) is 12.4. The zero-order chi connectivity index (χ0) is 16.6. The molecule has 0 radical (unpaired) electrons. The highest BCUT2D eigenvalue weighted by molar-refractivity contribution is 5.89. The smallest absolute Gasteiger partial charge is 0.162 e. The van der Waals surface area contributed by atoms with Gasteiger partial charge >= 0.3 is 0 Å². The minimum Gasteiger partial charge on any atom is -0.317 e. The SMILES string of the molecule is c1ccc2c(c1)ccn2-c1ccc2ccc(-c3ncncn3)cc2c1. The molecule has 5 aromatic rings. The van der Waals surface area contributed by atoms with Crippen LogP contribution in [-0.4, -0.2) is 19.5 Å². The molecule has 0 saturated carbocycles. The Kier molecular flexibility index (Phi) is 3.07. The van der Waals surface area contributed by atoms with Crippen molar-refractivity contribution in [1.29, 1.82) is 0 Å². The second kappa shape index (κ2) is 5.53. The molecule has 4 heteroatoms. The Morgan fingerprint density at radius 3 is 2.44 bits per heavy atom. The Morgan fingerprint density at radius 1 is 0.680 bits per heavy atom. The van der Waals surface area contributed by atoms with E-state index in [9.17, 15) is 0 Å². The zero-order valence-electron chi connectivity index (χ0n) is 13.4. The van der Waals surface area contributed by atoms with Crippen LogP contribution in [0.1, 0.15) is 0 Å². The van der Waals surface area contributed by atoms with E-state index in [0.29, 0.717) is 5.82 Å². The molecular weight excluding hydrogens is 308 g/mol. The lowest BCUT2D eigenvalue weighted by Crippen LogP contribution is -1.92. The first-order valence-electron chi connectivity index (χ1n) is 8.11. The van der Waals surface area contributed by atoms with Crippen molar-refractivity contribution >= 4 is 21.7 Å². The third-order valence-corrected chi connectivity index (χ3v) is 4.45. The maximum absolute atomic E-state index is 4.24. The Morgan fingerprint density at radius 2 is 1.52 bits per heavy atom. The minimum atomic E-state index is 0.689. The monoisotopic (exact) mass is 322 g/mol. The molecule has 0 aliphatic rings. The van der Waals surface area contributed by atoms with Gasteiger partial charge in [-0.25, -0.2) is 15.0 Å². The van der Waals surface area contributed by atoms with Crippen molar-refractivity contribution in [3.05, 3.63) is 85.6 Å². The van der Waals surface area contributed by atoms with Gasteiger partial charge in [-0.05, 0) is 46.5 Å². The maximum Gasteiger partial charge on any atom is 0.162 e. The number of aromatic nitrogens is 4. The lowest BCUT2D eigenvalue weighted by Gasteiger charge is -2.08. The molecule has 0 fully saturated rings. The van der Waals surface area contributed by atoms with Crippen molar-refractivity contribution in [2.45, 2.75) is 0 Å². The maximum atomic E-state index is 4.24. The van der Waals surface area contributed by atoms with Gasteiger partial charge in [0.15, 0.2) is 5.82 Å². The number of hydrogen-bond acceptors (Lipinski definition) is 3. The average Bonchev–Trinajstić information content (AvgIpc) is 3.12. The van der Waals surface area contributed by atoms with Crippen LogP contribution in [0.4, 0.5) is 0 Å². The second-order valence-electron chi connectivity index (χ2n) is 5.95. The number of rotatable bonds is 2. The average molecular weight is 322 g/mol. The Balaban J connectivity index is 1.68. The molecule has 4 nitrogen and oxygen atoms in total. The van der Waals surface area contributed by atoms with Gasteiger partial charge in [0, 0.05) is 17.4 Å². The molecule has 25 heavy (non-hydrogen) atoms. The van der Waals surface area contributed by atoms with Gasteiger partial charge in [-0.1, -0.05) is 36.4 Å². The number of para-hydroxylation sites is 1. The van der Waals surface area contributed by atoms with Gasteiger partial charge in [-0.15, -0.1) is 0 Å². The highest BCUT2D eigenvalue weighted by Gasteiger charge is 2.06. The van der Waals surface area contributed by atoms with Crippen LogP contribution in [0.5, 0.6) is 0 Å². The largest absolute Gasteiger partial charge is 0.317 e. The van der Waals surface area contributed by atoms with Crippen molar-refractivity contribution in [1.82, 2.24) is 19.5 Å². The van der Waals surface area contributed by atoms with E-state index in [1.54, 1.807) is 0 Å². The molecule has 0 spiro atoms. The fraction of sp³-hybridized carbons (Fsp3) is 0. The molecule has 0 unspecified atom stereocenters. The third-order valence-electron chi connectivity index (χ3n) is 4.45. The molecule has 118 valence electrons. The van der Waals surface area contributed by atoms with Crippen molar-refractivity contribution in [2.75, 3.05) is 0 Å².